The van der Waals surface area contributed by atoms with Crippen LogP contribution in [0.2, 0.25) is 0 Å². The van der Waals surface area contributed by atoms with Gasteiger partial charge < -0.3 is 4.74 Å². The molecule has 0 radical (unpaired) electrons. The molecule has 1 saturated carbocycles. The molecule has 0 spiro atoms. The van der Waals surface area contributed by atoms with Crippen LogP contribution < -0.4 is 0 Å². The fraction of sp³-hybridized carbons (Fsp3) is 0.909. The van der Waals surface area contributed by atoms with Crippen molar-refractivity contribution in [3.63, 3.8) is 0 Å². The van der Waals surface area contributed by atoms with Crippen LogP contribution in [0.3, 0.4) is 0 Å². The fourth-order valence-corrected chi connectivity index (χ4v) is 1.79. The summed E-state index contributed by atoms with van der Waals surface area (Å²) in [5.74, 6) is 0.690. The number of carbonyl (C=O) groups excluding carboxylic acids is 1. The van der Waals surface area contributed by atoms with Gasteiger partial charge in [0.05, 0.1) is 5.92 Å². The lowest BCUT2D eigenvalue weighted by Gasteiger charge is -2.27. The molecule has 0 aliphatic heterocycles. The Balaban J connectivity index is 2.31. The summed E-state index contributed by atoms with van der Waals surface area (Å²) in [5.41, 5.74) is 0. The molecule has 2 nitrogen and oxygen atoms in total. The van der Waals surface area contributed by atoms with Gasteiger partial charge in [0.15, 0.2) is 0 Å². The maximum atomic E-state index is 11.3. The van der Waals surface area contributed by atoms with E-state index in [4.69, 9.17) is 4.74 Å². The SMILES string of the molecule is CC1CCC[C@H](OC(=O)C(C)C)C1. The van der Waals surface area contributed by atoms with Crippen molar-refractivity contribution in [2.75, 3.05) is 0 Å². The van der Waals surface area contributed by atoms with Crippen molar-refractivity contribution >= 4 is 5.97 Å². The number of ether oxygens (including phenoxy) is 1. The van der Waals surface area contributed by atoms with Gasteiger partial charge in [-0.15, -0.1) is 0 Å². The Hall–Kier alpha value is -0.530. The van der Waals surface area contributed by atoms with Gasteiger partial charge in [0.2, 0.25) is 0 Å². The Bertz CT molecular complexity index is 175. The number of carbonyl (C=O) groups is 1. The normalized spacial score (nSPS) is 28.9. The quantitative estimate of drug-likeness (QED) is 0.617. The van der Waals surface area contributed by atoms with Gasteiger partial charge in [-0.2, -0.15) is 0 Å². The highest BCUT2D eigenvalue weighted by atomic mass is 16.5. The van der Waals surface area contributed by atoms with Gasteiger partial charge >= 0.3 is 5.97 Å². The van der Waals surface area contributed by atoms with Crippen LogP contribution in [0.1, 0.15) is 46.5 Å². The van der Waals surface area contributed by atoms with Crippen LogP contribution in [-0.4, -0.2) is 12.1 Å². The summed E-state index contributed by atoms with van der Waals surface area (Å²) in [5, 5.41) is 0. The molecule has 1 aliphatic carbocycles. The largest absolute Gasteiger partial charge is 0.462 e. The summed E-state index contributed by atoms with van der Waals surface area (Å²) >= 11 is 0. The molecule has 2 atom stereocenters. The first-order valence-corrected chi connectivity index (χ1v) is 5.30. The Morgan fingerprint density at radius 2 is 2.08 bits per heavy atom. The molecule has 0 aromatic carbocycles. The first-order chi connectivity index (χ1) is 6.09. The minimum Gasteiger partial charge on any atom is -0.462 e. The van der Waals surface area contributed by atoms with Crippen molar-refractivity contribution in [3.8, 4) is 0 Å². The summed E-state index contributed by atoms with van der Waals surface area (Å²) in [7, 11) is 0. The molecule has 0 amide bonds. The van der Waals surface area contributed by atoms with E-state index in [-0.39, 0.29) is 18.0 Å². The zero-order chi connectivity index (χ0) is 9.84. The van der Waals surface area contributed by atoms with E-state index >= 15 is 0 Å². The van der Waals surface area contributed by atoms with E-state index in [0.717, 1.165) is 18.8 Å². The third-order valence-corrected chi connectivity index (χ3v) is 2.64. The summed E-state index contributed by atoms with van der Waals surface area (Å²) in [6.07, 6.45) is 4.80. The summed E-state index contributed by atoms with van der Waals surface area (Å²) in [6, 6.07) is 0. The molecule has 1 fully saturated rings. The van der Waals surface area contributed by atoms with Gasteiger partial charge in [0.1, 0.15) is 6.10 Å². The fourth-order valence-electron chi connectivity index (χ4n) is 1.79. The second-order valence-electron chi connectivity index (χ2n) is 4.49. The van der Waals surface area contributed by atoms with Crippen LogP contribution in [0.4, 0.5) is 0 Å². The molecule has 1 rings (SSSR count). The third-order valence-electron chi connectivity index (χ3n) is 2.64. The Morgan fingerprint density at radius 3 is 2.62 bits per heavy atom. The average Bonchev–Trinajstić information content (AvgIpc) is 2.04. The molecule has 1 unspecified atom stereocenters. The van der Waals surface area contributed by atoms with E-state index in [2.05, 4.69) is 6.92 Å². The monoisotopic (exact) mass is 184 g/mol. The Labute approximate surface area is 80.7 Å². The van der Waals surface area contributed by atoms with Gasteiger partial charge in [0, 0.05) is 0 Å². The second kappa shape index (κ2) is 4.64. The molecule has 0 aromatic rings. The summed E-state index contributed by atoms with van der Waals surface area (Å²) in [6.45, 7) is 6.00. The van der Waals surface area contributed by atoms with Crippen molar-refractivity contribution in [2.24, 2.45) is 11.8 Å². The first-order valence-electron chi connectivity index (χ1n) is 5.30. The molecule has 76 valence electrons. The van der Waals surface area contributed by atoms with Crippen molar-refractivity contribution in [3.05, 3.63) is 0 Å². The van der Waals surface area contributed by atoms with E-state index in [9.17, 15) is 4.79 Å². The lowest BCUT2D eigenvalue weighted by molar-refractivity contribution is -0.154. The maximum Gasteiger partial charge on any atom is 0.308 e. The van der Waals surface area contributed by atoms with Crippen molar-refractivity contribution in [2.45, 2.75) is 52.6 Å². The van der Waals surface area contributed by atoms with Crippen LogP contribution in [0, 0.1) is 11.8 Å². The highest BCUT2D eigenvalue weighted by molar-refractivity contribution is 5.71. The van der Waals surface area contributed by atoms with Crippen molar-refractivity contribution in [1.82, 2.24) is 0 Å². The highest BCUT2D eigenvalue weighted by Crippen LogP contribution is 2.26. The van der Waals surface area contributed by atoms with E-state index in [0.29, 0.717) is 0 Å². The highest BCUT2D eigenvalue weighted by Gasteiger charge is 2.22. The van der Waals surface area contributed by atoms with Crippen molar-refractivity contribution in [1.29, 1.82) is 0 Å². The van der Waals surface area contributed by atoms with E-state index in [1.165, 1.54) is 12.8 Å². The molecule has 2 heteroatoms. The molecule has 0 aromatic heterocycles. The second-order valence-corrected chi connectivity index (χ2v) is 4.49. The van der Waals surface area contributed by atoms with E-state index < -0.39 is 0 Å². The molecule has 0 saturated heterocycles. The number of rotatable bonds is 2. The summed E-state index contributed by atoms with van der Waals surface area (Å²) < 4.78 is 5.38. The van der Waals surface area contributed by atoms with E-state index in [1.807, 2.05) is 13.8 Å². The predicted molar refractivity (Wildman–Crippen MR) is 52.4 cm³/mol. The summed E-state index contributed by atoms with van der Waals surface area (Å²) in [4.78, 5) is 11.3. The van der Waals surface area contributed by atoms with E-state index in [1.54, 1.807) is 0 Å². The van der Waals surface area contributed by atoms with Crippen LogP contribution in [-0.2, 0) is 9.53 Å². The number of esters is 1. The number of hydrogen-bond acceptors (Lipinski definition) is 2. The minimum atomic E-state index is -0.0425. The Morgan fingerprint density at radius 1 is 1.38 bits per heavy atom. The van der Waals surface area contributed by atoms with Crippen molar-refractivity contribution < 1.29 is 9.53 Å². The zero-order valence-electron chi connectivity index (χ0n) is 8.88. The molecule has 0 N–H and O–H groups in total. The van der Waals surface area contributed by atoms with Gasteiger partial charge in [0.25, 0.3) is 0 Å². The topological polar surface area (TPSA) is 26.3 Å². The maximum absolute atomic E-state index is 11.3. The predicted octanol–water partition coefficient (Wildman–Crippen LogP) is 2.76. The average molecular weight is 184 g/mol. The van der Waals surface area contributed by atoms with Gasteiger partial charge in [-0.25, -0.2) is 0 Å². The minimum absolute atomic E-state index is 0.0113. The molecule has 0 heterocycles. The third kappa shape index (κ3) is 3.37. The molecular weight excluding hydrogens is 164 g/mol. The van der Waals surface area contributed by atoms with Gasteiger partial charge in [-0.1, -0.05) is 27.2 Å². The smallest absolute Gasteiger partial charge is 0.308 e. The molecule has 0 bridgehead atoms. The Kier molecular flexibility index (Phi) is 3.76. The molecule has 1 aliphatic rings. The van der Waals surface area contributed by atoms with Crippen LogP contribution in [0.25, 0.3) is 0 Å². The van der Waals surface area contributed by atoms with Gasteiger partial charge in [-0.3, -0.25) is 4.79 Å². The van der Waals surface area contributed by atoms with Crippen LogP contribution >= 0.6 is 0 Å². The number of hydrogen-bond donors (Lipinski definition) is 0. The lowest BCUT2D eigenvalue weighted by Crippen LogP contribution is -2.26. The van der Waals surface area contributed by atoms with Gasteiger partial charge in [-0.05, 0) is 25.2 Å². The lowest BCUT2D eigenvalue weighted by atomic mass is 9.88. The molecular formula is C11H20O2. The molecule has 13 heavy (non-hydrogen) atoms. The first kappa shape index (κ1) is 10.6. The van der Waals surface area contributed by atoms with Crippen LogP contribution in [0.15, 0.2) is 0 Å². The standard InChI is InChI=1S/C11H20O2/c1-8(2)11(12)13-10-6-4-5-9(3)7-10/h8-10H,4-7H2,1-3H3/t9?,10-/m0/s1. The zero-order valence-corrected chi connectivity index (χ0v) is 8.88. The van der Waals surface area contributed by atoms with Crippen LogP contribution in [0.5, 0.6) is 0 Å².